The van der Waals surface area contributed by atoms with Gasteiger partial charge in [0.1, 0.15) is 0 Å². The average Bonchev–Trinajstić information content (AvgIpc) is 2.87. The van der Waals surface area contributed by atoms with Gasteiger partial charge in [-0.2, -0.15) is 13.2 Å². The van der Waals surface area contributed by atoms with Gasteiger partial charge in [0.15, 0.2) is 0 Å². The Hall–Kier alpha value is -2.54. The molecule has 7 heteroatoms. The smallest absolute Gasteiger partial charge is 0.389 e. The van der Waals surface area contributed by atoms with E-state index in [0.29, 0.717) is 6.54 Å². The van der Waals surface area contributed by atoms with E-state index in [0.717, 1.165) is 22.2 Å². The van der Waals surface area contributed by atoms with Crippen LogP contribution < -0.4 is 5.32 Å². The second-order valence-corrected chi connectivity index (χ2v) is 6.59. The van der Waals surface area contributed by atoms with Crippen LogP contribution in [0.5, 0.6) is 0 Å². The largest absolute Gasteiger partial charge is 0.482 e. The summed E-state index contributed by atoms with van der Waals surface area (Å²) in [5.41, 5.74) is 2.45. The molecule has 0 aliphatic rings. The van der Waals surface area contributed by atoms with Crippen molar-refractivity contribution in [3.05, 3.63) is 48.8 Å². The number of anilines is 1. The van der Waals surface area contributed by atoms with Crippen LogP contribution in [0.3, 0.4) is 0 Å². The summed E-state index contributed by atoms with van der Waals surface area (Å²) < 4.78 is 38.8. The third-order valence-corrected chi connectivity index (χ3v) is 3.68. The highest BCUT2D eigenvalue weighted by Gasteiger charge is 2.26. The van der Waals surface area contributed by atoms with Crippen LogP contribution in [-0.4, -0.2) is 26.6 Å². The highest BCUT2D eigenvalue weighted by atomic mass is 19.4. The van der Waals surface area contributed by atoms with Crippen molar-refractivity contribution < 1.29 is 18.3 Å². The second-order valence-electron chi connectivity index (χ2n) is 6.59. The standard InChI is InChI=1S/C18H18F3N3O/c1-17(2,25)10-24-11-22-15-9-13(5-8-16(15)24)12-3-6-14(7-4-12)23-18(19,20)21/h3-9,11,23,25H,10H2,1-2H3. The minimum absolute atomic E-state index is 0.00761. The molecule has 0 saturated heterocycles. The van der Waals surface area contributed by atoms with Crippen LogP contribution in [0.15, 0.2) is 48.8 Å². The summed E-state index contributed by atoms with van der Waals surface area (Å²) in [7, 11) is 0. The number of aromatic nitrogens is 2. The molecule has 4 nitrogen and oxygen atoms in total. The minimum atomic E-state index is -4.45. The van der Waals surface area contributed by atoms with E-state index >= 15 is 0 Å². The van der Waals surface area contributed by atoms with Crippen LogP contribution in [-0.2, 0) is 6.54 Å². The van der Waals surface area contributed by atoms with Crippen molar-refractivity contribution >= 4 is 16.7 Å². The van der Waals surface area contributed by atoms with Gasteiger partial charge in [-0.25, -0.2) is 4.98 Å². The van der Waals surface area contributed by atoms with Gasteiger partial charge in [-0.15, -0.1) is 0 Å². The summed E-state index contributed by atoms with van der Waals surface area (Å²) in [6.07, 6.45) is -2.78. The van der Waals surface area contributed by atoms with E-state index in [1.54, 1.807) is 32.3 Å². The summed E-state index contributed by atoms with van der Waals surface area (Å²) in [6, 6.07) is 11.7. The number of halogens is 3. The van der Waals surface area contributed by atoms with Crippen molar-refractivity contribution in [1.82, 2.24) is 9.55 Å². The topological polar surface area (TPSA) is 50.1 Å². The molecule has 3 rings (SSSR count). The van der Waals surface area contributed by atoms with Gasteiger partial charge in [0.2, 0.25) is 0 Å². The molecule has 0 saturated carbocycles. The molecule has 132 valence electrons. The first-order chi connectivity index (χ1) is 11.6. The number of nitrogens with zero attached hydrogens (tertiary/aromatic N) is 2. The molecule has 0 aliphatic heterocycles. The maximum Gasteiger partial charge on any atom is 0.482 e. The number of aliphatic hydroxyl groups is 1. The zero-order valence-electron chi connectivity index (χ0n) is 13.8. The number of hydrogen-bond donors (Lipinski definition) is 2. The summed E-state index contributed by atoms with van der Waals surface area (Å²) in [5, 5.41) is 11.4. The van der Waals surface area contributed by atoms with Gasteiger partial charge < -0.3 is 9.67 Å². The van der Waals surface area contributed by atoms with Crippen molar-refractivity contribution in [2.24, 2.45) is 0 Å². The number of alkyl halides is 3. The van der Waals surface area contributed by atoms with Crippen molar-refractivity contribution in [3.63, 3.8) is 0 Å². The number of fused-ring (bicyclic) bond motifs is 1. The maximum absolute atomic E-state index is 12.3. The third-order valence-electron chi connectivity index (χ3n) is 3.68. The Bertz CT molecular complexity index is 877. The van der Waals surface area contributed by atoms with Crippen molar-refractivity contribution in [2.45, 2.75) is 32.3 Å². The minimum Gasteiger partial charge on any atom is -0.389 e. The first-order valence-electron chi connectivity index (χ1n) is 7.73. The van der Waals surface area contributed by atoms with E-state index in [1.807, 2.05) is 22.8 Å². The molecule has 0 fully saturated rings. The lowest BCUT2D eigenvalue weighted by Gasteiger charge is -2.18. The summed E-state index contributed by atoms with van der Waals surface area (Å²) in [4.78, 5) is 4.35. The Morgan fingerprint density at radius 3 is 2.28 bits per heavy atom. The molecule has 0 unspecified atom stereocenters. The average molecular weight is 349 g/mol. The molecule has 1 aromatic heterocycles. The van der Waals surface area contributed by atoms with Crippen LogP contribution in [0.2, 0.25) is 0 Å². The Labute approximate surface area is 142 Å². The first kappa shape index (κ1) is 17.3. The first-order valence-corrected chi connectivity index (χ1v) is 7.73. The van der Waals surface area contributed by atoms with E-state index < -0.39 is 11.9 Å². The number of hydrogen-bond acceptors (Lipinski definition) is 3. The molecule has 0 spiro atoms. The van der Waals surface area contributed by atoms with Crippen LogP contribution in [0.25, 0.3) is 22.2 Å². The Morgan fingerprint density at radius 2 is 1.68 bits per heavy atom. The van der Waals surface area contributed by atoms with E-state index in [9.17, 15) is 18.3 Å². The second kappa shape index (κ2) is 6.07. The molecule has 2 aromatic carbocycles. The van der Waals surface area contributed by atoms with E-state index in [4.69, 9.17) is 0 Å². The summed E-state index contributed by atoms with van der Waals surface area (Å²) >= 11 is 0. The lowest BCUT2D eigenvalue weighted by atomic mass is 10.0. The molecule has 1 heterocycles. The molecule has 3 aromatic rings. The summed E-state index contributed by atoms with van der Waals surface area (Å²) in [5.74, 6) is 0. The molecule has 2 N–H and O–H groups in total. The zero-order valence-corrected chi connectivity index (χ0v) is 13.8. The van der Waals surface area contributed by atoms with Crippen LogP contribution in [0, 0.1) is 0 Å². The van der Waals surface area contributed by atoms with Crippen molar-refractivity contribution in [1.29, 1.82) is 0 Å². The van der Waals surface area contributed by atoms with Gasteiger partial charge in [-0.05, 0) is 49.2 Å². The molecule has 0 aliphatic carbocycles. The maximum atomic E-state index is 12.3. The van der Waals surface area contributed by atoms with Crippen LogP contribution in [0.4, 0.5) is 18.9 Å². The van der Waals surface area contributed by atoms with Crippen molar-refractivity contribution in [2.75, 3.05) is 5.32 Å². The Balaban J connectivity index is 1.87. The fourth-order valence-corrected chi connectivity index (χ4v) is 2.70. The van der Waals surface area contributed by atoms with Gasteiger partial charge >= 0.3 is 6.30 Å². The fraction of sp³-hybridized carbons (Fsp3) is 0.278. The number of imidazole rings is 1. The highest BCUT2D eigenvalue weighted by molar-refractivity contribution is 5.82. The number of rotatable bonds is 4. The predicted octanol–water partition coefficient (Wildman–Crippen LogP) is 4.41. The zero-order chi connectivity index (χ0) is 18.2. The SMILES string of the molecule is CC(C)(O)Cn1cnc2cc(-c3ccc(NC(F)(F)F)cc3)ccc21. The number of nitrogens with one attached hydrogen (secondary N) is 1. The van der Waals surface area contributed by atoms with E-state index in [2.05, 4.69) is 4.98 Å². The van der Waals surface area contributed by atoms with Crippen LogP contribution in [0.1, 0.15) is 13.8 Å². The quantitative estimate of drug-likeness (QED) is 0.686. The lowest BCUT2D eigenvalue weighted by molar-refractivity contribution is -0.0999. The monoisotopic (exact) mass is 349 g/mol. The van der Waals surface area contributed by atoms with Gasteiger partial charge in [0.25, 0.3) is 0 Å². The summed E-state index contributed by atoms with van der Waals surface area (Å²) in [6.45, 7) is 3.87. The van der Waals surface area contributed by atoms with Gasteiger partial charge in [-0.3, -0.25) is 5.32 Å². The number of benzene rings is 2. The van der Waals surface area contributed by atoms with E-state index in [1.165, 1.54) is 17.4 Å². The lowest BCUT2D eigenvalue weighted by Crippen LogP contribution is -2.25. The van der Waals surface area contributed by atoms with E-state index in [-0.39, 0.29) is 5.69 Å². The van der Waals surface area contributed by atoms with Gasteiger partial charge in [0, 0.05) is 5.69 Å². The molecular weight excluding hydrogens is 331 g/mol. The van der Waals surface area contributed by atoms with Crippen LogP contribution >= 0.6 is 0 Å². The molecule has 0 atom stereocenters. The molecule has 0 radical (unpaired) electrons. The normalized spacial score (nSPS) is 12.6. The Kier molecular flexibility index (Phi) is 4.20. The highest BCUT2D eigenvalue weighted by Crippen LogP contribution is 2.27. The van der Waals surface area contributed by atoms with Gasteiger partial charge in [0.05, 0.1) is 29.5 Å². The molecule has 25 heavy (non-hydrogen) atoms. The fourth-order valence-electron chi connectivity index (χ4n) is 2.70. The van der Waals surface area contributed by atoms with Gasteiger partial charge in [-0.1, -0.05) is 18.2 Å². The molecular formula is C18H18F3N3O. The predicted molar refractivity (Wildman–Crippen MR) is 91.1 cm³/mol. The third kappa shape index (κ3) is 4.30. The molecule has 0 amide bonds. The van der Waals surface area contributed by atoms with Crippen molar-refractivity contribution in [3.8, 4) is 11.1 Å². The Morgan fingerprint density at radius 1 is 1.04 bits per heavy atom. The molecule has 0 bridgehead atoms.